The molecule has 0 unspecified atom stereocenters. The van der Waals surface area contributed by atoms with Gasteiger partial charge in [-0.15, -0.1) is 0 Å². The van der Waals surface area contributed by atoms with E-state index in [1.807, 2.05) is 27.8 Å². The Morgan fingerprint density at radius 2 is 1.81 bits per heavy atom. The van der Waals surface area contributed by atoms with E-state index >= 15 is 0 Å². The smallest absolute Gasteiger partial charge is 0.254 e. The first-order valence-electron chi connectivity index (χ1n) is 8.49. The maximum Gasteiger partial charge on any atom is 0.254 e. The number of rotatable bonds is 5. The van der Waals surface area contributed by atoms with Crippen LogP contribution >= 0.6 is 11.3 Å². The second-order valence-electron chi connectivity index (χ2n) is 6.09. The zero-order valence-electron chi connectivity index (χ0n) is 14.4. The van der Waals surface area contributed by atoms with Crippen LogP contribution in [0.1, 0.15) is 26.3 Å². The summed E-state index contributed by atoms with van der Waals surface area (Å²) in [5.41, 5.74) is 1.85. The van der Waals surface area contributed by atoms with Crippen molar-refractivity contribution in [3.05, 3.63) is 57.8 Å². The van der Waals surface area contributed by atoms with Gasteiger partial charge in [-0.25, -0.2) is 0 Å². The lowest BCUT2D eigenvalue weighted by Crippen LogP contribution is -2.50. The molecule has 26 heavy (non-hydrogen) atoms. The number of carbonyl (C=O) groups excluding carboxylic acids is 2. The highest BCUT2D eigenvalue weighted by Gasteiger charge is 2.22. The predicted molar refractivity (Wildman–Crippen MR) is 100 cm³/mol. The lowest BCUT2D eigenvalue weighted by molar-refractivity contribution is 0.0638. The summed E-state index contributed by atoms with van der Waals surface area (Å²) in [6.07, 6.45) is 0. The summed E-state index contributed by atoms with van der Waals surface area (Å²) in [4.78, 5) is 28.5. The van der Waals surface area contributed by atoms with E-state index in [1.165, 1.54) is 11.3 Å². The minimum absolute atomic E-state index is 0.0972. The molecular formula is C19H20N4O2S. The number of nitrogens with one attached hydrogen (secondary N) is 1. The van der Waals surface area contributed by atoms with E-state index in [2.05, 4.69) is 10.2 Å². The lowest BCUT2D eigenvalue weighted by atomic mass is 10.1. The number of benzene rings is 1. The van der Waals surface area contributed by atoms with Gasteiger partial charge in [-0.05, 0) is 35.7 Å². The average Bonchev–Trinajstić information content (AvgIpc) is 3.23. The minimum Gasteiger partial charge on any atom is -0.351 e. The molecule has 1 N–H and O–H groups in total. The van der Waals surface area contributed by atoms with E-state index < -0.39 is 0 Å². The number of nitriles is 1. The average molecular weight is 368 g/mol. The van der Waals surface area contributed by atoms with Gasteiger partial charge in [0.15, 0.2) is 0 Å². The van der Waals surface area contributed by atoms with Crippen molar-refractivity contribution < 1.29 is 9.59 Å². The molecule has 2 heterocycles. The molecule has 3 rings (SSSR count). The van der Waals surface area contributed by atoms with Crippen LogP contribution in [0.25, 0.3) is 0 Å². The van der Waals surface area contributed by atoms with Crippen molar-refractivity contribution in [2.45, 2.75) is 0 Å². The summed E-state index contributed by atoms with van der Waals surface area (Å²) in [7, 11) is 0. The SMILES string of the molecule is N#Cc1ccc(C(=O)NCCN2CCN(C(=O)c3ccsc3)CC2)cc1. The molecule has 1 aliphatic heterocycles. The van der Waals surface area contributed by atoms with Crippen LogP contribution < -0.4 is 5.32 Å². The lowest BCUT2D eigenvalue weighted by Gasteiger charge is -2.34. The second kappa shape index (κ2) is 8.61. The topological polar surface area (TPSA) is 76.4 Å². The van der Waals surface area contributed by atoms with Crippen LogP contribution in [0.4, 0.5) is 0 Å². The van der Waals surface area contributed by atoms with E-state index in [0.717, 1.165) is 25.2 Å². The van der Waals surface area contributed by atoms with Crippen molar-refractivity contribution in [2.75, 3.05) is 39.3 Å². The molecular weight excluding hydrogens is 348 g/mol. The monoisotopic (exact) mass is 368 g/mol. The van der Waals surface area contributed by atoms with Crippen LogP contribution in [0, 0.1) is 11.3 Å². The van der Waals surface area contributed by atoms with Gasteiger partial charge in [-0.2, -0.15) is 16.6 Å². The summed E-state index contributed by atoms with van der Waals surface area (Å²) in [6.45, 7) is 4.33. The molecule has 1 aliphatic rings. The van der Waals surface area contributed by atoms with Crippen molar-refractivity contribution in [3.8, 4) is 6.07 Å². The molecule has 1 aromatic heterocycles. The first-order valence-corrected chi connectivity index (χ1v) is 9.44. The Morgan fingerprint density at radius 3 is 2.42 bits per heavy atom. The Bertz CT molecular complexity index is 788. The van der Waals surface area contributed by atoms with Crippen LogP contribution in [-0.2, 0) is 0 Å². The normalized spacial score (nSPS) is 14.7. The maximum absolute atomic E-state index is 12.3. The fourth-order valence-electron chi connectivity index (χ4n) is 2.87. The van der Waals surface area contributed by atoms with Gasteiger partial charge in [-0.1, -0.05) is 0 Å². The fraction of sp³-hybridized carbons (Fsp3) is 0.316. The van der Waals surface area contributed by atoms with Crippen molar-refractivity contribution >= 4 is 23.2 Å². The molecule has 0 spiro atoms. The zero-order valence-corrected chi connectivity index (χ0v) is 15.2. The highest BCUT2D eigenvalue weighted by atomic mass is 32.1. The van der Waals surface area contributed by atoms with Gasteiger partial charge in [0.1, 0.15) is 0 Å². The molecule has 2 amide bonds. The highest BCUT2D eigenvalue weighted by molar-refractivity contribution is 7.08. The number of amides is 2. The first kappa shape index (κ1) is 18.1. The number of thiophene rings is 1. The summed E-state index contributed by atoms with van der Waals surface area (Å²) in [6, 6.07) is 10.5. The van der Waals surface area contributed by atoms with E-state index in [9.17, 15) is 9.59 Å². The first-order chi connectivity index (χ1) is 12.7. The maximum atomic E-state index is 12.3. The van der Waals surface area contributed by atoms with Gasteiger partial charge in [0.25, 0.3) is 11.8 Å². The predicted octanol–water partition coefficient (Wildman–Crippen LogP) is 1.81. The van der Waals surface area contributed by atoms with Gasteiger partial charge in [-0.3, -0.25) is 14.5 Å². The Kier molecular flexibility index (Phi) is 6.00. The van der Waals surface area contributed by atoms with Crippen molar-refractivity contribution in [3.63, 3.8) is 0 Å². The molecule has 2 aromatic rings. The molecule has 0 saturated carbocycles. The Labute approximate surface area is 156 Å². The van der Waals surface area contributed by atoms with E-state index in [0.29, 0.717) is 30.8 Å². The molecule has 1 saturated heterocycles. The third-order valence-corrected chi connectivity index (χ3v) is 5.10. The molecule has 7 heteroatoms. The van der Waals surface area contributed by atoms with Gasteiger partial charge in [0, 0.05) is 50.2 Å². The van der Waals surface area contributed by atoms with Crippen LogP contribution in [0.5, 0.6) is 0 Å². The Balaban J connectivity index is 1.39. The summed E-state index contributed by atoms with van der Waals surface area (Å²) in [5, 5.41) is 15.5. The highest BCUT2D eigenvalue weighted by Crippen LogP contribution is 2.11. The second-order valence-corrected chi connectivity index (χ2v) is 6.87. The standard InChI is InChI=1S/C19H20N4O2S/c20-13-15-1-3-16(4-2-15)18(24)21-6-7-22-8-10-23(11-9-22)19(25)17-5-12-26-14-17/h1-5,12,14H,6-11H2,(H,21,24). The minimum atomic E-state index is -0.138. The molecule has 6 nitrogen and oxygen atoms in total. The third-order valence-electron chi connectivity index (χ3n) is 4.42. The number of hydrogen-bond acceptors (Lipinski definition) is 5. The third kappa shape index (κ3) is 4.48. The summed E-state index contributed by atoms with van der Waals surface area (Å²) >= 11 is 1.53. The molecule has 0 bridgehead atoms. The van der Waals surface area contributed by atoms with Crippen molar-refractivity contribution in [1.29, 1.82) is 5.26 Å². The quantitative estimate of drug-likeness (QED) is 0.873. The van der Waals surface area contributed by atoms with Crippen molar-refractivity contribution in [2.24, 2.45) is 0 Å². The number of hydrogen-bond donors (Lipinski definition) is 1. The molecule has 0 radical (unpaired) electrons. The van der Waals surface area contributed by atoms with E-state index in [4.69, 9.17) is 5.26 Å². The summed E-state index contributed by atoms with van der Waals surface area (Å²) in [5.74, 6) is -0.0409. The number of piperazine rings is 1. The van der Waals surface area contributed by atoms with E-state index in [1.54, 1.807) is 24.3 Å². The van der Waals surface area contributed by atoms with E-state index in [-0.39, 0.29) is 11.8 Å². The number of carbonyl (C=O) groups is 2. The molecule has 0 aliphatic carbocycles. The van der Waals surface area contributed by atoms with Crippen LogP contribution in [-0.4, -0.2) is 60.9 Å². The van der Waals surface area contributed by atoms with Gasteiger partial charge in [0.05, 0.1) is 17.2 Å². The van der Waals surface area contributed by atoms with Crippen LogP contribution in [0.3, 0.4) is 0 Å². The molecule has 1 aromatic carbocycles. The summed E-state index contributed by atoms with van der Waals surface area (Å²) < 4.78 is 0. The Morgan fingerprint density at radius 1 is 1.08 bits per heavy atom. The Hall–Kier alpha value is -2.69. The molecule has 134 valence electrons. The molecule has 1 fully saturated rings. The number of nitrogens with zero attached hydrogens (tertiary/aromatic N) is 3. The largest absolute Gasteiger partial charge is 0.351 e. The van der Waals surface area contributed by atoms with Gasteiger partial charge in [0.2, 0.25) is 0 Å². The van der Waals surface area contributed by atoms with Gasteiger partial charge >= 0.3 is 0 Å². The molecule has 0 atom stereocenters. The fourth-order valence-corrected chi connectivity index (χ4v) is 3.50. The zero-order chi connectivity index (χ0) is 18.4. The van der Waals surface area contributed by atoms with Crippen LogP contribution in [0.2, 0.25) is 0 Å². The van der Waals surface area contributed by atoms with Crippen LogP contribution in [0.15, 0.2) is 41.1 Å². The van der Waals surface area contributed by atoms with Gasteiger partial charge < -0.3 is 10.2 Å². The van der Waals surface area contributed by atoms with Crippen molar-refractivity contribution in [1.82, 2.24) is 15.1 Å².